The molecule has 0 radical (unpaired) electrons. The van der Waals surface area contributed by atoms with Crippen molar-refractivity contribution in [3.05, 3.63) is 0 Å². The highest BCUT2D eigenvalue weighted by atomic mass is 79.9. The van der Waals surface area contributed by atoms with Crippen molar-refractivity contribution in [2.45, 2.75) is 64.3 Å². The van der Waals surface area contributed by atoms with Gasteiger partial charge in [-0.05, 0) is 0 Å². The van der Waals surface area contributed by atoms with Gasteiger partial charge in [0.1, 0.15) is 18.0 Å². The highest BCUT2D eigenvalue weighted by Crippen LogP contribution is 2.36. The van der Waals surface area contributed by atoms with Gasteiger partial charge in [-0.25, -0.2) is 0 Å². The Kier molecular flexibility index (Phi) is 7.99. The van der Waals surface area contributed by atoms with Crippen LogP contribution in [0, 0.1) is 0 Å². The van der Waals surface area contributed by atoms with Crippen LogP contribution in [0.4, 0.5) is 0 Å². The lowest BCUT2D eigenvalue weighted by Gasteiger charge is -2.48. The first-order valence-electron chi connectivity index (χ1n) is 8.55. The van der Waals surface area contributed by atoms with Crippen molar-refractivity contribution in [3.63, 3.8) is 0 Å². The van der Waals surface area contributed by atoms with Crippen LogP contribution >= 0.6 is 15.9 Å². The van der Waals surface area contributed by atoms with E-state index in [1.165, 1.54) is 6.92 Å². The van der Waals surface area contributed by atoms with E-state index < -0.39 is 67.1 Å². The molecule has 0 saturated carbocycles. The molecule has 1 N–H and O–H groups in total. The smallest absolute Gasteiger partial charge is 0.317 e. The SMILES string of the molecule is [2H]C(C)C1(O)O[C@H](COC(C)=O)[C@@H](OC(C)=O)[C@H](OC(=O)CBr)[C@@H]1OC(C)=O. The van der Waals surface area contributed by atoms with Crippen LogP contribution in [-0.2, 0) is 42.9 Å². The van der Waals surface area contributed by atoms with E-state index in [0.29, 0.717) is 0 Å². The van der Waals surface area contributed by atoms with Gasteiger partial charge >= 0.3 is 23.9 Å². The van der Waals surface area contributed by atoms with E-state index in [2.05, 4.69) is 15.9 Å². The summed E-state index contributed by atoms with van der Waals surface area (Å²) in [6, 6.07) is 0. The summed E-state index contributed by atoms with van der Waals surface area (Å²) in [4.78, 5) is 46.2. The first-order chi connectivity index (χ1) is 12.9. The maximum absolute atomic E-state index is 11.9. The summed E-state index contributed by atoms with van der Waals surface area (Å²) in [6.07, 6.45) is -7.28. The second-order valence-electron chi connectivity index (χ2n) is 5.69. The molecule has 1 saturated heterocycles. The molecule has 27 heavy (non-hydrogen) atoms. The first kappa shape index (κ1) is 21.6. The zero-order valence-electron chi connectivity index (χ0n) is 16.3. The lowest BCUT2D eigenvalue weighted by atomic mass is 9.90. The van der Waals surface area contributed by atoms with Crippen molar-refractivity contribution >= 4 is 39.8 Å². The zero-order chi connectivity index (χ0) is 21.6. The summed E-state index contributed by atoms with van der Waals surface area (Å²) in [7, 11) is 0. The monoisotopic (exact) mass is 455 g/mol. The van der Waals surface area contributed by atoms with Crippen molar-refractivity contribution in [1.82, 2.24) is 0 Å². The molecule has 0 aromatic rings. The van der Waals surface area contributed by atoms with Gasteiger partial charge in [0.25, 0.3) is 0 Å². The summed E-state index contributed by atoms with van der Waals surface area (Å²) in [5.41, 5.74) is 0. The van der Waals surface area contributed by atoms with E-state index >= 15 is 0 Å². The molecule has 154 valence electrons. The topological polar surface area (TPSA) is 135 Å². The highest BCUT2D eigenvalue weighted by molar-refractivity contribution is 9.09. The quantitative estimate of drug-likeness (QED) is 0.322. The number of halogens is 1. The minimum atomic E-state index is -2.44. The van der Waals surface area contributed by atoms with Gasteiger partial charge in [-0.3, -0.25) is 19.2 Å². The third-order valence-corrected chi connectivity index (χ3v) is 4.03. The lowest BCUT2D eigenvalue weighted by molar-refractivity contribution is -0.352. The van der Waals surface area contributed by atoms with Gasteiger partial charge in [0.2, 0.25) is 5.79 Å². The standard InChI is InChI=1S/C16H23BrO10/c1-5-16(22)15(25-10(4)20)14(26-12(21)6-17)13(24-9(3)19)11(27-16)7-23-8(2)18/h11,13-15,22H,5-7H2,1-4H3/t11-,13-,14+,15+,16?/m1/s1/i5D/t5?,11-,13-,14+,15+,16?. The van der Waals surface area contributed by atoms with Gasteiger partial charge < -0.3 is 28.8 Å². The van der Waals surface area contributed by atoms with E-state index in [4.69, 9.17) is 25.1 Å². The minimum absolute atomic E-state index is 0.243. The van der Waals surface area contributed by atoms with Gasteiger partial charge in [-0.15, -0.1) is 0 Å². The Morgan fingerprint density at radius 3 is 2.11 bits per heavy atom. The number of hydrogen-bond acceptors (Lipinski definition) is 10. The Balaban J connectivity index is 3.44. The number of carbonyl (C=O) groups excluding carboxylic acids is 4. The molecule has 0 aromatic heterocycles. The van der Waals surface area contributed by atoms with E-state index in [1.54, 1.807) is 0 Å². The summed E-state index contributed by atoms with van der Waals surface area (Å²) in [5.74, 6) is -5.57. The Labute approximate surface area is 165 Å². The molecule has 1 aliphatic rings. The van der Waals surface area contributed by atoms with Gasteiger partial charge in [-0.2, -0.15) is 0 Å². The van der Waals surface area contributed by atoms with Crippen LogP contribution in [-0.4, -0.2) is 71.1 Å². The van der Waals surface area contributed by atoms with Crippen molar-refractivity contribution in [1.29, 1.82) is 0 Å². The number of rotatable bonds is 7. The van der Waals surface area contributed by atoms with Gasteiger partial charge in [0.05, 0.1) is 0 Å². The normalized spacial score (nSPS) is 31.9. The number of carbonyl (C=O) groups is 4. The van der Waals surface area contributed by atoms with Crippen LogP contribution in [0.2, 0.25) is 0 Å². The molecular formula is C16H23BrO10. The summed E-state index contributed by atoms with van der Waals surface area (Å²) in [6.45, 7) is 4.05. The molecule has 1 fully saturated rings. The third kappa shape index (κ3) is 6.43. The predicted octanol–water partition coefficient (Wildman–Crippen LogP) is 0.217. The fraction of sp³-hybridized carbons (Fsp3) is 0.750. The molecule has 0 amide bonds. The van der Waals surface area contributed by atoms with Crippen LogP contribution < -0.4 is 0 Å². The molecule has 0 spiro atoms. The largest absolute Gasteiger partial charge is 0.463 e. The third-order valence-electron chi connectivity index (χ3n) is 3.57. The predicted molar refractivity (Wildman–Crippen MR) is 91.5 cm³/mol. The molecular weight excluding hydrogens is 432 g/mol. The van der Waals surface area contributed by atoms with Crippen LogP contribution in [0.1, 0.15) is 35.5 Å². The maximum Gasteiger partial charge on any atom is 0.317 e. The average Bonchev–Trinajstić information content (AvgIpc) is 2.57. The second-order valence-corrected chi connectivity index (χ2v) is 6.25. The van der Waals surface area contributed by atoms with Crippen LogP contribution in [0.3, 0.4) is 0 Å². The Morgan fingerprint density at radius 2 is 1.67 bits per heavy atom. The molecule has 0 aromatic carbocycles. The average molecular weight is 456 g/mol. The van der Waals surface area contributed by atoms with Crippen molar-refractivity contribution < 1.29 is 49.3 Å². The molecule has 6 atom stereocenters. The van der Waals surface area contributed by atoms with Gasteiger partial charge in [-0.1, -0.05) is 22.9 Å². The Morgan fingerprint density at radius 1 is 1.07 bits per heavy atom. The minimum Gasteiger partial charge on any atom is -0.463 e. The molecule has 0 aliphatic carbocycles. The Hall–Kier alpha value is -1.72. The van der Waals surface area contributed by atoms with E-state index in [9.17, 15) is 24.3 Å². The van der Waals surface area contributed by atoms with Crippen molar-refractivity contribution in [2.75, 3.05) is 11.9 Å². The fourth-order valence-electron chi connectivity index (χ4n) is 2.53. The van der Waals surface area contributed by atoms with Crippen LogP contribution in [0.5, 0.6) is 0 Å². The fourth-order valence-corrected chi connectivity index (χ4v) is 2.67. The molecule has 1 rings (SSSR count). The maximum atomic E-state index is 11.9. The first-order valence-corrected chi connectivity index (χ1v) is 9.10. The molecule has 1 heterocycles. The van der Waals surface area contributed by atoms with Crippen LogP contribution in [0.25, 0.3) is 0 Å². The number of ether oxygens (including phenoxy) is 5. The van der Waals surface area contributed by atoms with E-state index in [-0.39, 0.29) is 5.33 Å². The van der Waals surface area contributed by atoms with Crippen molar-refractivity contribution in [3.8, 4) is 0 Å². The molecule has 10 nitrogen and oxygen atoms in total. The number of hydrogen-bond donors (Lipinski definition) is 1. The summed E-state index contributed by atoms with van der Waals surface area (Å²) in [5, 5.41) is 10.7. The van der Waals surface area contributed by atoms with Gasteiger partial charge in [0.15, 0.2) is 18.3 Å². The number of esters is 4. The zero-order valence-corrected chi connectivity index (χ0v) is 16.9. The van der Waals surface area contributed by atoms with Crippen molar-refractivity contribution in [2.24, 2.45) is 0 Å². The van der Waals surface area contributed by atoms with E-state index in [0.717, 1.165) is 20.8 Å². The van der Waals surface area contributed by atoms with Gasteiger partial charge in [0, 0.05) is 28.5 Å². The van der Waals surface area contributed by atoms with E-state index in [1.807, 2.05) is 0 Å². The number of aliphatic hydroxyl groups is 1. The summed E-state index contributed by atoms with van der Waals surface area (Å²) < 4.78 is 33.8. The Bertz CT molecular complexity index is 612. The molecule has 1 aliphatic heterocycles. The molecule has 11 heteroatoms. The highest BCUT2D eigenvalue weighted by Gasteiger charge is 2.58. The van der Waals surface area contributed by atoms with Crippen LogP contribution in [0.15, 0.2) is 0 Å². The second kappa shape index (κ2) is 10.00. The molecule has 0 bridgehead atoms. The molecule has 2 unspecified atom stereocenters. The number of alkyl halides is 1. The lowest BCUT2D eigenvalue weighted by Crippen LogP contribution is -2.68. The summed E-state index contributed by atoms with van der Waals surface area (Å²) >= 11 is 2.92.